The number of carboxylic acid groups (broad SMARTS) is 1. The Kier molecular flexibility index (Phi) is 6.17. The van der Waals surface area contributed by atoms with E-state index >= 15 is 0 Å². The van der Waals surface area contributed by atoms with Gasteiger partial charge < -0.3 is 15.2 Å². The second-order valence-electron chi connectivity index (χ2n) is 3.91. The minimum atomic E-state index is -2.89. The van der Waals surface area contributed by atoms with Crippen molar-refractivity contribution in [1.82, 2.24) is 5.32 Å². The molecule has 0 radical (unpaired) electrons. The third-order valence-electron chi connectivity index (χ3n) is 2.35. The van der Waals surface area contributed by atoms with Gasteiger partial charge in [0.2, 0.25) is 0 Å². The fraction of sp³-hybridized carbons (Fsp3) is 0.417. The molecule has 2 N–H and O–H groups in total. The molecule has 0 unspecified atom stereocenters. The smallest absolute Gasteiger partial charge is 0.387 e. The molecule has 19 heavy (non-hydrogen) atoms. The molecule has 0 aromatic heterocycles. The number of carboxylic acids is 1. The van der Waals surface area contributed by atoms with Gasteiger partial charge >= 0.3 is 12.6 Å². The first kappa shape index (κ1) is 15.8. The predicted molar refractivity (Wildman–Crippen MR) is 69.5 cm³/mol. The molecule has 0 aliphatic rings. The van der Waals surface area contributed by atoms with Crippen molar-refractivity contribution in [2.45, 2.75) is 26.5 Å². The number of carbonyl (C=O) groups is 1. The molecular formula is C12H14BrF2NO3. The van der Waals surface area contributed by atoms with Crippen LogP contribution in [0.25, 0.3) is 0 Å². The zero-order valence-corrected chi connectivity index (χ0v) is 11.8. The molecule has 0 aliphatic carbocycles. The van der Waals surface area contributed by atoms with E-state index in [1.54, 1.807) is 19.1 Å². The highest BCUT2D eigenvalue weighted by molar-refractivity contribution is 9.10. The summed E-state index contributed by atoms with van der Waals surface area (Å²) in [6.07, 6.45) is -0.0297. The van der Waals surface area contributed by atoms with Crippen molar-refractivity contribution in [2.24, 2.45) is 0 Å². The Morgan fingerprint density at radius 3 is 2.79 bits per heavy atom. The van der Waals surface area contributed by atoms with Crippen LogP contribution in [0.15, 0.2) is 16.6 Å². The number of benzene rings is 1. The van der Waals surface area contributed by atoms with Crippen LogP contribution in [0, 0.1) is 6.92 Å². The van der Waals surface area contributed by atoms with Crippen molar-refractivity contribution in [2.75, 3.05) is 6.54 Å². The summed E-state index contributed by atoms with van der Waals surface area (Å²) in [6, 6.07) is 3.34. The summed E-state index contributed by atoms with van der Waals surface area (Å²) in [7, 11) is 0. The van der Waals surface area contributed by atoms with E-state index in [1.165, 1.54) is 0 Å². The molecule has 0 amide bonds. The van der Waals surface area contributed by atoms with Gasteiger partial charge in [0, 0.05) is 23.1 Å². The minimum absolute atomic E-state index is 0.0297. The first-order valence-corrected chi connectivity index (χ1v) is 6.35. The molecule has 4 nitrogen and oxygen atoms in total. The van der Waals surface area contributed by atoms with E-state index in [0.29, 0.717) is 11.1 Å². The van der Waals surface area contributed by atoms with Crippen LogP contribution in [0.1, 0.15) is 17.5 Å². The number of aliphatic carboxylic acids is 1. The fourth-order valence-electron chi connectivity index (χ4n) is 1.61. The lowest BCUT2D eigenvalue weighted by Gasteiger charge is -2.14. The quantitative estimate of drug-likeness (QED) is 0.751. The van der Waals surface area contributed by atoms with E-state index in [-0.39, 0.29) is 25.3 Å². The van der Waals surface area contributed by atoms with Crippen molar-refractivity contribution in [1.29, 1.82) is 0 Å². The van der Waals surface area contributed by atoms with Gasteiger partial charge in [0.05, 0.1) is 6.42 Å². The van der Waals surface area contributed by atoms with Gasteiger partial charge in [-0.3, -0.25) is 4.79 Å². The molecule has 7 heteroatoms. The van der Waals surface area contributed by atoms with Crippen molar-refractivity contribution in [3.05, 3.63) is 27.7 Å². The Morgan fingerprint density at radius 2 is 2.21 bits per heavy atom. The molecule has 1 aromatic carbocycles. The number of hydrogen-bond donors (Lipinski definition) is 2. The van der Waals surface area contributed by atoms with Gasteiger partial charge in [0.1, 0.15) is 5.75 Å². The minimum Gasteiger partial charge on any atom is -0.481 e. The van der Waals surface area contributed by atoms with Gasteiger partial charge in [0.25, 0.3) is 0 Å². The Morgan fingerprint density at radius 1 is 1.53 bits per heavy atom. The van der Waals surface area contributed by atoms with Crippen molar-refractivity contribution < 1.29 is 23.4 Å². The summed E-state index contributed by atoms with van der Waals surface area (Å²) in [4.78, 5) is 10.4. The average Bonchev–Trinajstić information content (AvgIpc) is 2.28. The van der Waals surface area contributed by atoms with Crippen LogP contribution in [0.2, 0.25) is 0 Å². The Hall–Kier alpha value is -1.21. The van der Waals surface area contributed by atoms with E-state index < -0.39 is 12.6 Å². The normalized spacial score (nSPS) is 10.8. The summed E-state index contributed by atoms with van der Waals surface area (Å²) in [5.74, 6) is -0.789. The lowest BCUT2D eigenvalue weighted by atomic mass is 10.1. The molecule has 1 rings (SSSR count). The highest BCUT2D eigenvalue weighted by Gasteiger charge is 2.13. The highest BCUT2D eigenvalue weighted by atomic mass is 79.9. The topological polar surface area (TPSA) is 58.6 Å². The maximum Gasteiger partial charge on any atom is 0.387 e. The zero-order chi connectivity index (χ0) is 14.4. The van der Waals surface area contributed by atoms with E-state index in [9.17, 15) is 13.6 Å². The Bertz CT molecular complexity index is 455. The number of nitrogens with one attached hydrogen (secondary N) is 1. The largest absolute Gasteiger partial charge is 0.481 e. The second kappa shape index (κ2) is 7.40. The van der Waals surface area contributed by atoms with E-state index in [4.69, 9.17) is 5.11 Å². The fourth-order valence-corrected chi connectivity index (χ4v) is 2.23. The molecule has 0 aliphatic heterocycles. The van der Waals surface area contributed by atoms with Crippen LogP contribution in [-0.2, 0) is 11.3 Å². The average molecular weight is 338 g/mol. The number of aryl methyl sites for hydroxylation is 1. The Balaban J connectivity index is 2.76. The van der Waals surface area contributed by atoms with Gasteiger partial charge in [0.15, 0.2) is 0 Å². The van der Waals surface area contributed by atoms with Gasteiger partial charge in [-0.05, 0) is 24.6 Å². The lowest BCUT2D eigenvalue weighted by molar-refractivity contribution is -0.136. The van der Waals surface area contributed by atoms with E-state index in [1.807, 2.05) is 0 Å². The number of alkyl halides is 2. The second-order valence-corrected chi connectivity index (χ2v) is 4.83. The summed E-state index contributed by atoms with van der Waals surface area (Å²) >= 11 is 3.28. The number of ether oxygens (including phenoxy) is 1. The van der Waals surface area contributed by atoms with Crippen molar-refractivity contribution >= 4 is 21.9 Å². The third kappa shape index (κ3) is 5.52. The molecule has 0 saturated heterocycles. The van der Waals surface area contributed by atoms with Gasteiger partial charge in [-0.15, -0.1) is 0 Å². The van der Waals surface area contributed by atoms with E-state index in [0.717, 1.165) is 4.47 Å². The summed E-state index contributed by atoms with van der Waals surface area (Å²) in [5, 5.41) is 11.4. The molecule has 0 heterocycles. The van der Waals surface area contributed by atoms with Crippen molar-refractivity contribution in [3.63, 3.8) is 0 Å². The van der Waals surface area contributed by atoms with Crippen LogP contribution in [0.5, 0.6) is 5.75 Å². The van der Waals surface area contributed by atoms with Crippen LogP contribution in [-0.4, -0.2) is 24.2 Å². The maximum absolute atomic E-state index is 12.3. The molecule has 0 fully saturated rings. The molecule has 0 spiro atoms. The highest BCUT2D eigenvalue weighted by Crippen LogP contribution is 2.29. The molecular weight excluding hydrogens is 324 g/mol. The third-order valence-corrected chi connectivity index (χ3v) is 2.81. The first-order valence-electron chi connectivity index (χ1n) is 5.56. The predicted octanol–water partition coefficient (Wildman–Crippen LogP) is 2.92. The van der Waals surface area contributed by atoms with Crippen LogP contribution >= 0.6 is 15.9 Å². The Labute approximate surface area is 117 Å². The first-order chi connectivity index (χ1) is 8.90. The standard InChI is InChI=1S/C12H14BrF2NO3/c1-7-4-9(13)5-8(11(7)19-12(14)15)6-16-3-2-10(17)18/h4-5,12,16H,2-3,6H2,1H3,(H,17,18). The molecule has 0 atom stereocenters. The SMILES string of the molecule is Cc1cc(Br)cc(CNCCC(=O)O)c1OC(F)F. The lowest BCUT2D eigenvalue weighted by Crippen LogP contribution is -2.19. The van der Waals surface area contributed by atoms with Gasteiger partial charge in [-0.1, -0.05) is 15.9 Å². The van der Waals surface area contributed by atoms with Crippen molar-refractivity contribution in [3.8, 4) is 5.75 Å². The van der Waals surface area contributed by atoms with Gasteiger partial charge in [-0.2, -0.15) is 8.78 Å². The van der Waals surface area contributed by atoms with Crippen LogP contribution in [0.3, 0.4) is 0 Å². The summed E-state index contributed by atoms with van der Waals surface area (Å²) in [5.41, 5.74) is 1.14. The van der Waals surface area contributed by atoms with Gasteiger partial charge in [-0.25, -0.2) is 0 Å². The summed E-state index contributed by atoms with van der Waals surface area (Å²) in [6.45, 7) is -0.703. The monoisotopic (exact) mass is 337 g/mol. The van der Waals surface area contributed by atoms with Crippen LogP contribution < -0.4 is 10.1 Å². The molecule has 106 valence electrons. The number of halogens is 3. The molecule has 0 saturated carbocycles. The molecule has 1 aromatic rings. The summed E-state index contributed by atoms with van der Waals surface area (Å²) < 4.78 is 29.9. The van der Waals surface area contributed by atoms with Crippen LogP contribution in [0.4, 0.5) is 8.78 Å². The zero-order valence-electron chi connectivity index (χ0n) is 10.3. The maximum atomic E-state index is 12.3. The number of hydrogen-bond acceptors (Lipinski definition) is 3. The molecule has 0 bridgehead atoms. The van der Waals surface area contributed by atoms with E-state index in [2.05, 4.69) is 26.0 Å². The number of rotatable bonds is 7.